The second kappa shape index (κ2) is 11.9. The zero-order valence-corrected chi connectivity index (χ0v) is 22.1. The van der Waals surface area contributed by atoms with Crippen molar-refractivity contribution in [2.24, 2.45) is 0 Å². The number of amides is 1. The van der Waals surface area contributed by atoms with Crippen molar-refractivity contribution in [1.82, 2.24) is 4.31 Å². The van der Waals surface area contributed by atoms with E-state index in [0.717, 1.165) is 50.6 Å². The molecule has 17 heteroatoms. The molecule has 0 aromatic heterocycles. The second-order valence-corrected chi connectivity index (χ2v) is 10.3. The molecule has 0 aliphatic carbocycles. The third-order valence-electron chi connectivity index (χ3n) is 5.91. The summed E-state index contributed by atoms with van der Waals surface area (Å²) < 4.78 is 143. The molecule has 1 amide bonds. The van der Waals surface area contributed by atoms with E-state index in [1.54, 1.807) is 0 Å². The summed E-state index contributed by atoms with van der Waals surface area (Å²) in [5, 5.41) is 9.15. The summed E-state index contributed by atoms with van der Waals surface area (Å²) in [6.45, 7) is -2.87. The first-order valence-electron chi connectivity index (χ1n) is 11.3. The number of carboxylic acid groups (broad SMARTS) is 1. The highest BCUT2D eigenvalue weighted by molar-refractivity contribution is 7.89. The summed E-state index contributed by atoms with van der Waals surface area (Å²) >= 11 is 0. The number of alkyl halides is 3. The van der Waals surface area contributed by atoms with Gasteiger partial charge in [0, 0.05) is 13.6 Å². The van der Waals surface area contributed by atoms with Gasteiger partial charge in [-0.25, -0.2) is 35.2 Å². The number of methoxy groups -OCH3 is 1. The van der Waals surface area contributed by atoms with Crippen LogP contribution in [0.25, 0.3) is 0 Å². The van der Waals surface area contributed by atoms with Crippen LogP contribution in [0, 0.1) is 29.1 Å². The largest absolute Gasteiger partial charge is 0.495 e. The lowest BCUT2D eigenvalue weighted by Gasteiger charge is -2.27. The molecule has 0 bridgehead atoms. The van der Waals surface area contributed by atoms with Crippen molar-refractivity contribution in [1.29, 1.82) is 0 Å². The number of ether oxygens (including phenoxy) is 1. The Labute approximate surface area is 232 Å². The third-order valence-corrected chi connectivity index (χ3v) is 7.72. The Morgan fingerprint density at radius 2 is 1.45 bits per heavy atom. The maximum absolute atomic E-state index is 14.6. The van der Waals surface area contributed by atoms with Gasteiger partial charge in [0.1, 0.15) is 5.75 Å². The van der Waals surface area contributed by atoms with Crippen molar-refractivity contribution in [3.8, 4) is 5.75 Å². The number of benzene rings is 3. The molecule has 3 rings (SSSR count). The molecule has 8 nitrogen and oxygen atoms in total. The van der Waals surface area contributed by atoms with Crippen molar-refractivity contribution in [3.63, 3.8) is 0 Å². The standard InChI is InChI=1S/C25H18F8N2O6S/c1-34(15-8-7-12(24(37)38)9-16(15)41-2)17(36)11-35(10-13-5-3-4-6-14(13)25(31,32)33)42(39,40)23-21(29)19(27)18(26)20(28)22(23)30/h3-9H,10-11H2,1-2H3,(H,37,38). The number of hydrogen-bond donors (Lipinski definition) is 1. The first kappa shape index (κ1) is 32.3. The summed E-state index contributed by atoms with van der Waals surface area (Å²) in [7, 11) is -3.80. The van der Waals surface area contributed by atoms with Gasteiger partial charge in [-0.05, 0) is 29.8 Å². The molecule has 0 aliphatic heterocycles. The predicted molar refractivity (Wildman–Crippen MR) is 129 cm³/mol. The molecule has 0 heterocycles. The SMILES string of the molecule is COc1cc(C(=O)O)ccc1N(C)C(=O)CN(Cc1ccccc1C(F)(F)F)S(=O)(=O)c1c(F)c(F)c(F)c(F)c1F. The number of likely N-dealkylation sites (N-methyl/N-ethyl adjacent to an activating group) is 1. The molecule has 0 saturated carbocycles. The zero-order valence-electron chi connectivity index (χ0n) is 21.3. The Balaban J connectivity index is 2.17. The van der Waals surface area contributed by atoms with E-state index in [1.165, 1.54) is 0 Å². The van der Waals surface area contributed by atoms with Crippen LogP contribution in [0.2, 0.25) is 0 Å². The lowest BCUT2D eigenvalue weighted by molar-refractivity contribution is -0.138. The van der Waals surface area contributed by atoms with E-state index in [1.807, 2.05) is 0 Å². The molecule has 0 fully saturated rings. The van der Waals surface area contributed by atoms with Gasteiger partial charge in [-0.2, -0.15) is 17.5 Å². The Bertz CT molecular complexity index is 1630. The normalized spacial score (nSPS) is 12.0. The van der Waals surface area contributed by atoms with Gasteiger partial charge in [0.25, 0.3) is 0 Å². The van der Waals surface area contributed by atoms with Gasteiger partial charge in [-0.3, -0.25) is 4.79 Å². The number of anilines is 1. The van der Waals surface area contributed by atoms with Crippen molar-refractivity contribution in [2.75, 3.05) is 25.6 Å². The molecule has 1 N–H and O–H groups in total. The van der Waals surface area contributed by atoms with Crippen LogP contribution in [0.5, 0.6) is 5.75 Å². The lowest BCUT2D eigenvalue weighted by Crippen LogP contribution is -2.42. The highest BCUT2D eigenvalue weighted by atomic mass is 32.2. The molecule has 3 aromatic rings. The van der Waals surface area contributed by atoms with E-state index < -0.39 is 86.3 Å². The predicted octanol–water partition coefficient (Wildman–Crippen LogP) is 4.96. The molecular formula is C25H18F8N2O6S. The van der Waals surface area contributed by atoms with Crippen LogP contribution >= 0.6 is 0 Å². The first-order chi connectivity index (χ1) is 19.4. The second-order valence-electron chi connectivity index (χ2n) is 8.47. The Morgan fingerprint density at radius 1 is 0.905 bits per heavy atom. The monoisotopic (exact) mass is 626 g/mol. The van der Waals surface area contributed by atoms with Crippen molar-refractivity contribution in [3.05, 3.63) is 88.2 Å². The molecule has 226 valence electrons. The third kappa shape index (κ3) is 6.15. The van der Waals surface area contributed by atoms with E-state index in [4.69, 9.17) is 9.84 Å². The van der Waals surface area contributed by atoms with Crippen LogP contribution in [-0.4, -0.2) is 50.4 Å². The first-order valence-corrected chi connectivity index (χ1v) is 12.7. The number of halogens is 8. The van der Waals surface area contributed by atoms with Gasteiger partial charge in [0.2, 0.25) is 21.7 Å². The van der Waals surface area contributed by atoms with Gasteiger partial charge >= 0.3 is 12.1 Å². The topological polar surface area (TPSA) is 104 Å². The van der Waals surface area contributed by atoms with E-state index >= 15 is 0 Å². The minimum Gasteiger partial charge on any atom is -0.495 e. The van der Waals surface area contributed by atoms with Crippen LogP contribution < -0.4 is 9.64 Å². The maximum Gasteiger partial charge on any atom is 0.416 e. The van der Waals surface area contributed by atoms with E-state index in [-0.39, 0.29) is 21.3 Å². The number of carbonyl (C=O) groups excluding carboxylic acids is 1. The number of carboxylic acids is 1. The number of sulfonamides is 1. The minimum atomic E-state index is -5.92. The highest BCUT2D eigenvalue weighted by Gasteiger charge is 2.40. The average Bonchev–Trinajstić information content (AvgIpc) is 2.93. The average molecular weight is 626 g/mol. The van der Waals surface area contributed by atoms with Crippen LogP contribution in [0.4, 0.5) is 40.8 Å². The maximum atomic E-state index is 14.6. The molecule has 0 spiro atoms. The van der Waals surface area contributed by atoms with Crippen LogP contribution in [0.1, 0.15) is 21.5 Å². The Morgan fingerprint density at radius 3 is 1.98 bits per heavy atom. The molecular weight excluding hydrogens is 608 g/mol. The zero-order chi connectivity index (χ0) is 31.7. The molecule has 0 unspecified atom stereocenters. The fraction of sp³-hybridized carbons (Fsp3) is 0.200. The lowest BCUT2D eigenvalue weighted by atomic mass is 10.1. The summed E-state index contributed by atoms with van der Waals surface area (Å²) in [4.78, 5) is 22.7. The quantitative estimate of drug-likeness (QED) is 0.205. The van der Waals surface area contributed by atoms with Gasteiger partial charge in [-0.1, -0.05) is 18.2 Å². The van der Waals surface area contributed by atoms with Crippen molar-refractivity contribution in [2.45, 2.75) is 17.6 Å². The molecule has 0 saturated heterocycles. The van der Waals surface area contributed by atoms with Crippen LogP contribution in [0.15, 0.2) is 47.4 Å². The number of carbonyl (C=O) groups is 2. The fourth-order valence-corrected chi connectivity index (χ4v) is 5.25. The smallest absolute Gasteiger partial charge is 0.416 e. The number of aromatic carboxylic acids is 1. The van der Waals surface area contributed by atoms with Gasteiger partial charge in [-0.15, -0.1) is 0 Å². The molecule has 0 radical (unpaired) electrons. The van der Waals surface area contributed by atoms with Gasteiger partial charge < -0.3 is 14.7 Å². The number of nitrogens with zero attached hydrogens (tertiary/aromatic N) is 2. The summed E-state index contributed by atoms with van der Waals surface area (Å²) in [5.74, 6) is -16.5. The Hall–Kier alpha value is -4.25. The fourth-order valence-electron chi connectivity index (χ4n) is 3.77. The minimum absolute atomic E-state index is 0.170. The summed E-state index contributed by atoms with van der Waals surface area (Å²) in [6.07, 6.45) is -5.07. The highest BCUT2D eigenvalue weighted by Crippen LogP contribution is 2.35. The van der Waals surface area contributed by atoms with Crippen LogP contribution in [-0.2, 0) is 27.5 Å². The molecule has 42 heavy (non-hydrogen) atoms. The molecule has 0 atom stereocenters. The van der Waals surface area contributed by atoms with Gasteiger partial charge in [0.05, 0.1) is 30.5 Å². The molecule has 0 aliphatic rings. The summed E-state index contributed by atoms with van der Waals surface area (Å²) in [6, 6.07) is 6.42. The number of rotatable bonds is 9. The van der Waals surface area contributed by atoms with Crippen molar-refractivity contribution >= 4 is 27.6 Å². The van der Waals surface area contributed by atoms with Crippen molar-refractivity contribution < 1.29 is 63.0 Å². The van der Waals surface area contributed by atoms with E-state index in [9.17, 15) is 53.1 Å². The van der Waals surface area contributed by atoms with E-state index in [2.05, 4.69) is 0 Å². The van der Waals surface area contributed by atoms with Crippen LogP contribution in [0.3, 0.4) is 0 Å². The van der Waals surface area contributed by atoms with Gasteiger partial charge in [0.15, 0.2) is 28.2 Å². The Kier molecular flexibility index (Phi) is 9.16. The summed E-state index contributed by atoms with van der Waals surface area (Å²) in [5.41, 5.74) is -2.68. The number of hydrogen-bond acceptors (Lipinski definition) is 5. The van der Waals surface area contributed by atoms with E-state index in [0.29, 0.717) is 11.0 Å². The molecule has 3 aromatic carbocycles.